The Morgan fingerprint density at radius 3 is 2.61 bits per heavy atom. The van der Waals surface area contributed by atoms with E-state index in [1.807, 2.05) is 0 Å². The first-order valence-electron chi connectivity index (χ1n) is 10.1. The Balaban J connectivity index is 1.78. The molecule has 1 heterocycles. The van der Waals surface area contributed by atoms with Gasteiger partial charge in [0.05, 0.1) is 12.3 Å². The summed E-state index contributed by atoms with van der Waals surface area (Å²) in [6, 6.07) is 1.08. The lowest BCUT2D eigenvalue weighted by Gasteiger charge is -2.38. The normalized spacial score (nSPS) is 33.5. The molecular formula is C19H39N3O. The number of rotatable bonds is 9. The third-order valence-electron chi connectivity index (χ3n) is 5.58. The lowest BCUT2D eigenvalue weighted by Crippen LogP contribution is -2.54. The van der Waals surface area contributed by atoms with Gasteiger partial charge in [0, 0.05) is 18.7 Å². The molecule has 1 saturated carbocycles. The Bertz CT molecular complexity index is 305. The molecule has 0 radical (unpaired) electrons. The summed E-state index contributed by atoms with van der Waals surface area (Å²) in [6.07, 6.45) is 13.0. The molecule has 1 aliphatic heterocycles. The number of piperidine rings is 1. The van der Waals surface area contributed by atoms with Crippen molar-refractivity contribution in [2.75, 3.05) is 13.2 Å². The van der Waals surface area contributed by atoms with Crippen molar-refractivity contribution in [2.24, 2.45) is 11.7 Å². The third-order valence-corrected chi connectivity index (χ3v) is 5.58. The second kappa shape index (κ2) is 10.7. The molecule has 1 aliphatic carbocycles. The van der Waals surface area contributed by atoms with E-state index in [0.29, 0.717) is 30.3 Å². The zero-order valence-corrected chi connectivity index (χ0v) is 15.4. The summed E-state index contributed by atoms with van der Waals surface area (Å²) in [5.41, 5.74) is 6.02. The van der Waals surface area contributed by atoms with Gasteiger partial charge in [0.15, 0.2) is 0 Å². The summed E-state index contributed by atoms with van der Waals surface area (Å²) in [7, 11) is 0. The SMILES string of the molecule is CCCCOC(CCC)C1CCNC(NC2CCC(N)CC2)C1. The molecule has 0 spiro atoms. The number of hydrogen-bond acceptors (Lipinski definition) is 4. The molecule has 0 aromatic carbocycles. The number of nitrogens with one attached hydrogen (secondary N) is 2. The van der Waals surface area contributed by atoms with Crippen LogP contribution in [0, 0.1) is 5.92 Å². The van der Waals surface area contributed by atoms with E-state index in [0.717, 1.165) is 13.2 Å². The van der Waals surface area contributed by atoms with Crippen molar-refractivity contribution >= 4 is 0 Å². The monoisotopic (exact) mass is 325 g/mol. The van der Waals surface area contributed by atoms with E-state index in [1.54, 1.807) is 0 Å². The number of ether oxygens (including phenoxy) is 1. The maximum atomic E-state index is 6.24. The van der Waals surface area contributed by atoms with Crippen LogP contribution in [0.15, 0.2) is 0 Å². The zero-order valence-electron chi connectivity index (χ0n) is 15.4. The third kappa shape index (κ3) is 6.69. The van der Waals surface area contributed by atoms with Gasteiger partial charge in [0.2, 0.25) is 0 Å². The maximum absolute atomic E-state index is 6.24. The van der Waals surface area contributed by atoms with Gasteiger partial charge >= 0.3 is 0 Å². The van der Waals surface area contributed by atoms with Gasteiger partial charge < -0.3 is 15.8 Å². The van der Waals surface area contributed by atoms with Crippen molar-refractivity contribution in [3.63, 3.8) is 0 Å². The van der Waals surface area contributed by atoms with Gasteiger partial charge in [-0.05, 0) is 63.8 Å². The van der Waals surface area contributed by atoms with Crippen LogP contribution < -0.4 is 16.4 Å². The minimum Gasteiger partial charge on any atom is -0.378 e. The quantitative estimate of drug-likeness (QED) is 0.570. The molecular weight excluding hydrogens is 286 g/mol. The van der Waals surface area contributed by atoms with Crippen LogP contribution in [0.1, 0.15) is 78.1 Å². The molecule has 2 fully saturated rings. The Morgan fingerprint density at radius 1 is 1.13 bits per heavy atom. The van der Waals surface area contributed by atoms with Gasteiger partial charge in [-0.2, -0.15) is 0 Å². The fourth-order valence-corrected chi connectivity index (χ4v) is 4.10. The maximum Gasteiger partial charge on any atom is 0.0604 e. The molecule has 2 aliphatic rings. The molecule has 0 amide bonds. The molecule has 23 heavy (non-hydrogen) atoms. The number of nitrogens with two attached hydrogens (primary N) is 1. The molecule has 3 unspecified atom stereocenters. The Hall–Kier alpha value is -0.160. The van der Waals surface area contributed by atoms with Crippen LogP contribution in [0.3, 0.4) is 0 Å². The molecule has 0 aromatic heterocycles. The molecule has 4 heteroatoms. The Kier molecular flexibility index (Phi) is 8.88. The lowest BCUT2D eigenvalue weighted by atomic mass is 9.86. The molecule has 1 saturated heterocycles. The van der Waals surface area contributed by atoms with Crippen molar-refractivity contribution in [1.82, 2.24) is 10.6 Å². The Morgan fingerprint density at radius 2 is 1.91 bits per heavy atom. The van der Waals surface area contributed by atoms with Crippen molar-refractivity contribution in [3.8, 4) is 0 Å². The van der Waals surface area contributed by atoms with Crippen molar-refractivity contribution in [1.29, 1.82) is 0 Å². The van der Waals surface area contributed by atoms with Gasteiger partial charge in [-0.1, -0.05) is 26.7 Å². The first-order valence-corrected chi connectivity index (χ1v) is 10.1. The number of unbranched alkanes of at least 4 members (excludes halogenated alkanes) is 1. The lowest BCUT2D eigenvalue weighted by molar-refractivity contribution is -0.0119. The smallest absolute Gasteiger partial charge is 0.0604 e. The topological polar surface area (TPSA) is 59.3 Å². The molecule has 3 atom stereocenters. The van der Waals surface area contributed by atoms with Crippen LogP contribution in [-0.2, 0) is 4.74 Å². The molecule has 4 N–H and O–H groups in total. The largest absolute Gasteiger partial charge is 0.378 e. The zero-order chi connectivity index (χ0) is 16.5. The minimum atomic E-state index is 0.431. The summed E-state index contributed by atoms with van der Waals surface area (Å²) in [5, 5.41) is 7.52. The second-order valence-electron chi connectivity index (χ2n) is 7.62. The highest BCUT2D eigenvalue weighted by Crippen LogP contribution is 2.26. The highest BCUT2D eigenvalue weighted by molar-refractivity contribution is 4.86. The van der Waals surface area contributed by atoms with Crippen LogP contribution in [0.2, 0.25) is 0 Å². The molecule has 2 rings (SSSR count). The summed E-state index contributed by atoms with van der Waals surface area (Å²) in [6.45, 7) is 6.56. The van der Waals surface area contributed by atoms with Crippen LogP contribution in [0.4, 0.5) is 0 Å². The van der Waals surface area contributed by atoms with Crippen LogP contribution in [-0.4, -0.2) is 37.5 Å². The van der Waals surface area contributed by atoms with Crippen LogP contribution in [0.5, 0.6) is 0 Å². The first-order chi connectivity index (χ1) is 11.2. The molecule has 4 nitrogen and oxygen atoms in total. The van der Waals surface area contributed by atoms with Crippen LogP contribution >= 0.6 is 0 Å². The standard InChI is InChI=1S/C19H39N3O/c1-3-5-13-23-18(6-4-2)15-11-12-21-19(14-15)22-17-9-7-16(20)8-10-17/h15-19,21-22H,3-14,20H2,1-2H3. The van der Waals surface area contributed by atoms with E-state index in [2.05, 4.69) is 24.5 Å². The summed E-state index contributed by atoms with van der Waals surface area (Å²) >= 11 is 0. The fourth-order valence-electron chi connectivity index (χ4n) is 4.10. The van der Waals surface area contributed by atoms with Gasteiger partial charge in [-0.15, -0.1) is 0 Å². The van der Waals surface area contributed by atoms with E-state index >= 15 is 0 Å². The first kappa shape index (κ1) is 19.2. The van der Waals surface area contributed by atoms with Gasteiger partial charge in [0.25, 0.3) is 0 Å². The van der Waals surface area contributed by atoms with Crippen molar-refractivity contribution in [3.05, 3.63) is 0 Å². The predicted molar refractivity (Wildman–Crippen MR) is 97.4 cm³/mol. The fraction of sp³-hybridized carbons (Fsp3) is 1.00. The van der Waals surface area contributed by atoms with Gasteiger partial charge in [-0.3, -0.25) is 5.32 Å². The van der Waals surface area contributed by atoms with Gasteiger partial charge in [-0.25, -0.2) is 0 Å². The molecule has 136 valence electrons. The van der Waals surface area contributed by atoms with E-state index in [-0.39, 0.29) is 0 Å². The summed E-state index contributed by atoms with van der Waals surface area (Å²) in [4.78, 5) is 0. The highest BCUT2D eigenvalue weighted by atomic mass is 16.5. The Labute approximate surface area is 143 Å². The van der Waals surface area contributed by atoms with Gasteiger partial charge in [0.1, 0.15) is 0 Å². The second-order valence-corrected chi connectivity index (χ2v) is 7.62. The van der Waals surface area contributed by atoms with E-state index in [4.69, 9.17) is 10.5 Å². The average Bonchev–Trinajstić information content (AvgIpc) is 2.57. The average molecular weight is 326 g/mol. The molecule has 0 aromatic rings. The van der Waals surface area contributed by atoms with Crippen molar-refractivity contribution in [2.45, 2.75) is 102 Å². The van der Waals surface area contributed by atoms with E-state index < -0.39 is 0 Å². The van der Waals surface area contributed by atoms with Crippen molar-refractivity contribution < 1.29 is 4.74 Å². The van der Waals surface area contributed by atoms with E-state index in [1.165, 1.54) is 64.2 Å². The minimum absolute atomic E-state index is 0.431. The summed E-state index contributed by atoms with van der Waals surface area (Å²) < 4.78 is 6.24. The predicted octanol–water partition coefficient (Wildman–Crippen LogP) is 3.16. The summed E-state index contributed by atoms with van der Waals surface area (Å²) in [5.74, 6) is 0.705. The van der Waals surface area contributed by atoms with E-state index in [9.17, 15) is 0 Å². The number of hydrogen-bond donors (Lipinski definition) is 3. The highest BCUT2D eigenvalue weighted by Gasteiger charge is 2.30. The van der Waals surface area contributed by atoms with Crippen LogP contribution in [0.25, 0.3) is 0 Å². The molecule has 0 bridgehead atoms.